The Morgan fingerprint density at radius 3 is 1.60 bits per heavy atom. The molecule has 0 radical (unpaired) electrons. The smallest absolute Gasteiger partial charge is 0.109 e. The van der Waals surface area contributed by atoms with E-state index in [0.29, 0.717) is 13.2 Å². The van der Waals surface area contributed by atoms with Crippen LogP contribution in [-0.2, 0) is 4.74 Å². The zero-order valence-electron chi connectivity index (χ0n) is 10.1. The van der Waals surface area contributed by atoms with Gasteiger partial charge in [0.15, 0.2) is 0 Å². The minimum Gasteiger partial charge on any atom is -0.356 e. The summed E-state index contributed by atoms with van der Waals surface area (Å²) in [5.74, 6) is 12.1. The van der Waals surface area contributed by atoms with Gasteiger partial charge in [-0.2, -0.15) is 0 Å². The third-order valence-corrected chi connectivity index (χ3v) is 1.91. The van der Waals surface area contributed by atoms with Crippen LogP contribution in [0.1, 0.15) is 52.4 Å². The van der Waals surface area contributed by atoms with Crippen molar-refractivity contribution in [2.45, 2.75) is 52.4 Å². The standard InChI is InChI=1S/C14H22O/c1-3-5-7-9-11-13-15-14-12-10-8-6-4-2/h3-8,13-14H2,1-2H3. The van der Waals surface area contributed by atoms with Crippen molar-refractivity contribution < 1.29 is 4.74 Å². The van der Waals surface area contributed by atoms with Gasteiger partial charge in [0, 0.05) is 12.8 Å². The highest BCUT2D eigenvalue weighted by Crippen LogP contribution is 1.91. The molecule has 0 aromatic heterocycles. The molecule has 0 aromatic rings. The van der Waals surface area contributed by atoms with Gasteiger partial charge in [0.1, 0.15) is 13.2 Å². The molecule has 15 heavy (non-hydrogen) atoms. The van der Waals surface area contributed by atoms with Gasteiger partial charge in [-0.05, 0) is 12.8 Å². The van der Waals surface area contributed by atoms with Gasteiger partial charge in [0.05, 0.1) is 0 Å². The fraction of sp³-hybridized carbons (Fsp3) is 0.714. The molecule has 0 heterocycles. The molecule has 0 bridgehead atoms. The molecule has 1 nitrogen and oxygen atoms in total. The van der Waals surface area contributed by atoms with Gasteiger partial charge in [0.2, 0.25) is 0 Å². The molecule has 84 valence electrons. The lowest BCUT2D eigenvalue weighted by molar-refractivity contribution is 0.204. The second-order valence-electron chi connectivity index (χ2n) is 3.41. The fourth-order valence-electron chi connectivity index (χ4n) is 0.962. The topological polar surface area (TPSA) is 9.23 Å². The van der Waals surface area contributed by atoms with E-state index in [4.69, 9.17) is 4.74 Å². The summed E-state index contributed by atoms with van der Waals surface area (Å²) >= 11 is 0. The first-order valence-electron chi connectivity index (χ1n) is 5.91. The normalized spacial score (nSPS) is 8.67. The summed E-state index contributed by atoms with van der Waals surface area (Å²) in [6, 6.07) is 0. The summed E-state index contributed by atoms with van der Waals surface area (Å²) in [7, 11) is 0. The van der Waals surface area contributed by atoms with Crippen LogP contribution < -0.4 is 0 Å². The predicted molar refractivity (Wildman–Crippen MR) is 65.4 cm³/mol. The zero-order valence-corrected chi connectivity index (χ0v) is 10.1. The average Bonchev–Trinajstić information content (AvgIpc) is 2.26. The molecular weight excluding hydrogens is 184 g/mol. The van der Waals surface area contributed by atoms with E-state index in [1.165, 1.54) is 25.7 Å². The minimum absolute atomic E-state index is 0.520. The van der Waals surface area contributed by atoms with Crippen LogP contribution in [0.2, 0.25) is 0 Å². The molecular formula is C14H22O. The number of rotatable bonds is 6. The third-order valence-electron chi connectivity index (χ3n) is 1.91. The number of unbranched alkanes of at least 4 members (excludes halogenated alkanes) is 4. The van der Waals surface area contributed by atoms with Crippen molar-refractivity contribution in [2.24, 2.45) is 0 Å². The van der Waals surface area contributed by atoms with E-state index in [9.17, 15) is 0 Å². The van der Waals surface area contributed by atoms with Crippen LogP contribution in [0, 0.1) is 23.7 Å². The first-order valence-corrected chi connectivity index (χ1v) is 5.91. The lowest BCUT2D eigenvalue weighted by Gasteiger charge is -1.90. The van der Waals surface area contributed by atoms with E-state index in [-0.39, 0.29) is 0 Å². The number of hydrogen-bond acceptors (Lipinski definition) is 1. The van der Waals surface area contributed by atoms with Gasteiger partial charge >= 0.3 is 0 Å². The zero-order chi connectivity index (χ0) is 11.2. The molecule has 0 aliphatic carbocycles. The molecule has 0 saturated carbocycles. The number of hydrogen-bond donors (Lipinski definition) is 0. The molecule has 0 N–H and O–H groups in total. The van der Waals surface area contributed by atoms with Crippen molar-refractivity contribution in [3.8, 4) is 23.7 Å². The first kappa shape index (κ1) is 14.1. The predicted octanol–water partition coefficient (Wildman–Crippen LogP) is 3.39. The maximum atomic E-state index is 5.25. The van der Waals surface area contributed by atoms with Crippen molar-refractivity contribution in [1.82, 2.24) is 0 Å². The molecule has 0 aliphatic heterocycles. The van der Waals surface area contributed by atoms with Crippen molar-refractivity contribution in [3.63, 3.8) is 0 Å². The Kier molecular flexibility index (Phi) is 12.3. The van der Waals surface area contributed by atoms with E-state index in [0.717, 1.165) is 12.8 Å². The molecule has 0 saturated heterocycles. The van der Waals surface area contributed by atoms with Gasteiger partial charge in [-0.1, -0.05) is 38.5 Å². The molecule has 0 fully saturated rings. The Morgan fingerprint density at radius 2 is 1.20 bits per heavy atom. The Hall–Kier alpha value is -0.920. The highest BCUT2D eigenvalue weighted by atomic mass is 16.5. The number of ether oxygens (including phenoxy) is 1. The lowest BCUT2D eigenvalue weighted by Crippen LogP contribution is -1.91. The largest absolute Gasteiger partial charge is 0.356 e. The van der Waals surface area contributed by atoms with Gasteiger partial charge < -0.3 is 4.74 Å². The van der Waals surface area contributed by atoms with Crippen LogP contribution in [0.4, 0.5) is 0 Å². The van der Waals surface area contributed by atoms with Gasteiger partial charge in [0.25, 0.3) is 0 Å². The van der Waals surface area contributed by atoms with E-state index < -0.39 is 0 Å². The van der Waals surface area contributed by atoms with Crippen LogP contribution >= 0.6 is 0 Å². The quantitative estimate of drug-likeness (QED) is 0.478. The first-order chi connectivity index (χ1) is 7.41. The average molecular weight is 206 g/mol. The highest BCUT2D eigenvalue weighted by Gasteiger charge is 1.79. The molecule has 1 heteroatoms. The third kappa shape index (κ3) is 13.1. The maximum absolute atomic E-state index is 5.25. The summed E-state index contributed by atoms with van der Waals surface area (Å²) in [4.78, 5) is 0. The molecule has 0 atom stereocenters. The molecule has 0 unspecified atom stereocenters. The Morgan fingerprint density at radius 1 is 0.733 bits per heavy atom. The molecule has 0 rings (SSSR count). The fourth-order valence-corrected chi connectivity index (χ4v) is 0.962. The molecule has 0 amide bonds. The summed E-state index contributed by atoms with van der Waals surface area (Å²) in [5, 5.41) is 0. The van der Waals surface area contributed by atoms with Crippen LogP contribution in [0.15, 0.2) is 0 Å². The van der Waals surface area contributed by atoms with Gasteiger partial charge in [-0.25, -0.2) is 0 Å². The van der Waals surface area contributed by atoms with E-state index in [2.05, 4.69) is 37.5 Å². The van der Waals surface area contributed by atoms with Gasteiger partial charge in [-0.15, -0.1) is 11.8 Å². The highest BCUT2D eigenvalue weighted by molar-refractivity contribution is 5.01. The Bertz CT molecular complexity index is 208. The summed E-state index contributed by atoms with van der Waals surface area (Å²) in [6.45, 7) is 5.38. The monoisotopic (exact) mass is 206 g/mol. The van der Waals surface area contributed by atoms with Crippen molar-refractivity contribution in [1.29, 1.82) is 0 Å². The van der Waals surface area contributed by atoms with E-state index >= 15 is 0 Å². The van der Waals surface area contributed by atoms with Crippen molar-refractivity contribution in [2.75, 3.05) is 13.2 Å². The van der Waals surface area contributed by atoms with E-state index in [1.807, 2.05) is 0 Å². The summed E-state index contributed by atoms with van der Waals surface area (Å²) in [6.07, 6.45) is 6.76. The molecule has 0 spiro atoms. The Labute approximate surface area is 94.6 Å². The van der Waals surface area contributed by atoms with Crippen LogP contribution in [-0.4, -0.2) is 13.2 Å². The maximum Gasteiger partial charge on any atom is 0.109 e. The van der Waals surface area contributed by atoms with Crippen molar-refractivity contribution in [3.05, 3.63) is 0 Å². The SMILES string of the molecule is CCCCC#CCOCC#CCCCC. The van der Waals surface area contributed by atoms with Crippen molar-refractivity contribution >= 4 is 0 Å². The summed E-state index contributed by atoms with van der Waals surface area (Å²) in [5.41, 5.74) is 0. The van der Waals surface area contributed by atoms with Crippen LogP contribution in [0.3, 0.4) is 0 Å². The van der Waals surface area contributed by atoms with Crippen LogP contribution in [0.25, 0.3) is 0 Å². The lowest BCUT2D eigenvalue weighted by atomic mass is 10.2. The second kappa shape index (κ2) is 13.1. The van der Waals surface area contributed by atoms with Gasteiger partial charge in [-0.3, -0.25) is 0 Å². The van der Waals surface area contributed by atoms with Crippen LogP contribution in [0.5, 0.6) is 0 Å². The second-order valence-corrected chi connectivity index (χ2v) is 3.41. The Balaban J connectivity index is 3.21. The molecule has 0 aromatic carbocycles. The molecule has 0 aliphatic rings. The minimum atomic E-state index is 0.520. The summed E-state index contributed by atoms with van der Waals surface area (Å²) < 4.78 is 5.25. The van der Waals surface area contributed by atoms with E-state index in [1.54, 1.807) is 0 Å².